The third kappa shape index (κ3) is 1.73. The van der Waals surface area contributed by atoms with Crippen molar-refractivity contribution in [2.75, 3.05) is 0 Å². The van der Waals surface area contributed by atoms with E-state index in [0.717, 1.165) is 24.1 Å². The van der Waals surface area contributed by atoms with Gasteiger partial charge in [-0.05, 0) is 41.3 Å². The molecule has 0 spiro atoms. The Labute approximate surface area is 102 Å². The zero-order valence-corrected chi connectivity index (χ0v) is 9.52. The first-order chi connectivity index (χ1) is 8.75. The summed E-state index contributed by atoms with van der Waals surface area (Å²) in [7, 11) is 0. The van der Waals surface area contributed by atoms with E-state index in [1.807, 2.05) is 6.07 Å². The number of aromatic nitrogens is 5. The van der Waals surface area contributed by atoms with Crippen molar-refractivity contribution < 1.29 is 9.90 Å². The van der Waals surface area contributed by atoms with Crippen molar-refractivity contribution in [3.63, 3.8) is 0 Å². The average molecular weight is 245 g/mol. The Bertz CT molecular complexity index is 581. The van der Waals surface area contributed by atoms with Gasteiger partial charge in [-0.25, -0.2) is 4.98 Å². The fraction of sp³-hybridized carbons (Fsp3) is 0.364. The van der Waals surface area contributed by atoms with E-state index in [2.05, 4.69) is 20.5 Å². The number of aliphatic carboxylic acids is 1. The molecular formula is C11H11N5O2. The fourth-order valence-corrected chi connectivity index (χ4v) is 2.30. The molecule has 0 radical (unpaired) electrons. The molecule has 0 amide bonds. The lowest BCUT2D eigenvalue weighted by Gasteiger charge is -2.21. The van der Waals surface area contributed by atoms with Crippen molar-refractivity contribution in [2.45, 2.75) is 25.2 Å². The quantitative estimate of drug-likeness (QED) is 0.830. The van der Waals surface area contributed by atoms with Crippen molar-refractivity contribution in [1.82, 2.24) is 25.2 Å². The van der Waals surface area contributed by atoms with E-state index >= 15 is 0 Å². The van der Waals surface area contributed by atoms with Crippen molar-refractivity contribution in [3.8, 4) is 5.82 Å². The summed E-state index contributed by atoms with van der Waals surface area (Å²) in [6, 6.07) is 3.56. The maximum absolute atomic E-state index is 11.2. The number of hydrogen-bond acceptors (Lipinski definition) is 5. The molecule has 2 aromatic rings. The number of tetrazole rings is 1. The molecular weight excluding hydrogens is 234 g/mol. The first kappa shape index (κ1) is 10.8. The number of fused-ring (bicyclic) bond motifs is 1. The van der Waals surface area contributed by atoms with Gasteiger partial charge < -0.3 is 5.11 Å². The molecule has 0 bridgehead atoms. The van der Waals surface area contributed by atoms with E-state index in [4.69, 9.17) is 0 Å². The van der Waals surface area contributed by atoms with Gasteiger partial charge in [-0.3, -0.25) is 4.79 Å². The number of carboxylic acids is 1. The SMILES string of the molecule is O=C(O)[C@@H]1CCCc2nc(-n3cnnn3)ccc21. The monoisotopic (exact) mass is 245 g/mol. The Morgan fingerprint density at radius 2 is 2.33 bits per heavy atom. The summed E-state index contributed by atoms with van der Waals surface area (Å²) in [4.78, 5) is 15.6. The third-order valence-corrected chi connectivity index (χ3v) is 3.16. The summed E-state index contributed by atoms with van der Waals surface area (Å²) < 4.78 is 1.46. The molecule has 0 aliphatic heterocycles. The number of carboxylic acid groups (broad SMARTS) is 1. The summed E-state index contributed by atoms with van der Waals surface area (Å²) in [5.41, 5.74) is 1.65. The Morgan fingerprint density at radius 1 is 1.44 bits per heavy atom. The summed E-state index contributed by atoms with van der Waals surface area (Å²) in [5.74, 6) is -0.609. The standard InChI is InChI=1S/C11H11N5O2/c17-11(18)8-2-1-3-9-7(8)4-5-10(13-9)16-6-12-14-15-16/h4-6,8H,1-3H2,(H,17,18)/t8-/m1/s1. The van der Waals surface area contributed by atoms with E-state index in [-0.39, 0.29) is 0 Å². The predicted octanol–water partition coefficient (Wildman–Crippen LogP) is 0.562. The van der Waals surface area contributed by atoms with Gasteiger partial charge in [0.25, 0.3) is 0 Å². The van der Waals surface area contributed by atoms with Gasteiger partial charge in [-0.2, -0.15) is 4.68 Å². The number of nitrogens with zero attached hydrogens (tertiary/aromatic N) is 5. The van der Waals surface area contributed by atoms with Crippen LogP contribution in [0.15, 0.2) is 18.5 Å². The first-order valence-electron chi connectivity index (χ1n) is 5.71. The molecule has 1 aliphatic rings. The predicted molar refractivity (Wildman–Crippen MR) is 60.3 cm³/mol. The Balaban J connectivity index is 2.03. The number of hydrogen-bond donors (Lipinski definition) is 1. The maximum Gasteiger partial charge on any atom is 0.311 e. The molecule has 18 heavy (non-hydrogen) atoms. The molecule has 0 fully saturated rings. The van der Waals surface area contributed by atoms with Crippen LogP contribution in [0.3, 0.4) is 0 Å². The van der Waals surface area contributed by atoms with Gasteiger partial charge in [-0.15, -0.1) is 5.10 Å². The second kappa shape index (κ2) is 4.17. The maximum atomic E-state index is 11.2. The van der Waals surface area contributed by atoms with Crippen LogP contribution in [0.1, 0.15) is 30.0 Å². The highest BCUT2D eigenvalue weighted by Crippen LogP contribution is 2.31. The van der Waals surface area contributed by atoms with Gasteiger partial charge in [-0.1, -0.05) is 6.07 Å². The highest BCUT2D eigenvalue weighted by atomic mass is 16.4. The van der Waals surface area contributed by atoms with Crippen molar-refractivity contribution >= 4 is 5.97 Å². The zero-order chi connectivity index (χ0) is 12.5. The van der Waals surface area contributed by atoms with Gasteiger partial charge >= 0.3 is 5.97 Å². The molecule has 1 aliphatic carbocycles. The molecule has 3 rings (SSSR count). The fourth-order valence-electron chi connectivity index (χ4n) is 2.30. The molecule has 2 aromatic heterocycles. The highest BCUT2D eigenvalue weighted by Gasteiger charge is 2.27. The lowest BCUT2D eigenvalue weighted by Crippen LogP contribution is -2.19. The number of rotatable bonds is 2. The van der Waals surface area contributed by atoms with Gasteiger partial charge in [0.1, 0.15) is 6.33 Å². The largest absolute Gasteiger partial charge is 0.481 e. The molecule has 0 saturated heterocycles. The van der Waals surface area contributed by atoms with Gasteiger partial charge in [0, 0.05) is 5.69 Å². The lowest BCUT2D eigenvalue weighted by atomic mass is 9.86. The lowest BCUT2D eigenvalue weighted by molar-refractivity contribution is -0.139. The summed E-state index contributed by atoms with van der Waals surface area (Å²) >= 11 is 0. The molecule has 7 heteroatoms. The van der Waals surface area contributed by atoms with Gasteiger partial charge in [0.05, 0.1) is 5.92 Å². The van der Waals surface area contributed by atoms with Crippen LogP contribution < -0.4 is 0 Å². The summed E-state index contributed by atoms with van der Waals surface area (Å²) in [6.45, 7) is 0. The van der Waals surface area contributed by atoms with Crippen LogP contribution in [-0.4, -0.2) is 36.3 Å². The molecule has 1 N–H and O–H groups in total. The zero-order valence-electron chi connectivity index (χ0n) is 9.52. The normalized spacial score (nSPS) is 18.3. The Hall–Kier alpha value is -2.31. The molecule has 7 nitrogen and oxygen atoms in total. The number of carbonyl (C=O) groups is 1. The van der Waals surface area contributed by atoms with Gasteiger partial charge in [0.2, 0.25) is 0 Å². The van der Waals surface area contributed by atoms with Gasteiger partial charge in [0.15, 0.2) is 5.82 Å². The Morgan fingerprint density at radius 3 is 3.06 bits per heavy atom. The minimum Gasteiger partial charge on any atom is -0.481 e. The molecule has 2 heterocycles. The smallest absolute Gasteiger partial charge is 0.311 e. The summed E-state index contributed by atoms with van der Waals surface area (Å²) in [5, 5.41) is 20.0. The van der Waals surface area contributed by atoms with Crippen LogP contribution >= 0.6 is 0 Å². The summed E-state index contributed by atoms with van der Waals surface area (Å²) in [6.07, 6.45) is 3.78. The number of pyridine rings is 1. The van der Waals surface area contributed by atoms with Crippen molar-refractivity contribution in [3.05, 3.63) is 29.7 Å². The van der Waals surface area contributed by atoms with E-state index < -0.39 is 11.9 Å². The van der Waals surface area contributed by atoms with Crippen LogP contribution in [0.5, 0.6) is 0 Å². The minimum absolute atomic E-state index is 0.441. The Kier molecular flexibility index (Phi) is 2.51. The van der Waals surface area contributed by atoms with E-state index in [9.17, 15) is 9.90 Å². The molecule has 0 saturated carbocycles. The van der Waals surface area contributed by atoms with Crippen LogP contribution in [0.2, 0.25) is 0 Å². The first-order valence-corrected chi connectivity index (χ1v) is 5.71. The van der Waals surface area contributed by atoms with Crippen LogP contribution in [0.25, 0.3) is 5.82 Å². The van der Waals surface area contributed by atoms with E-state index in [1.165, 1.54) is 11.0 Å². The van der Waals surface area contributed by atoms with Crippen molar-refractivity contribution in [2.24, 2.45) is 0 Å². The minimum atomic E-state index is -0.784. The van der Waals surface area contributed by atoms with Crippen LogP contribution in [0.4, 0.5) is 0 Å². The van der Waals surface area contributed by atoms with E-state index in [0.29, 0.717) is 12.2 Å². The molecule has 1 atom stereocenters. The molecule has 0 unspecified atom stereocenters. The van der Waals surface area contributed by atoms with Crippen molar-refractivity contribution in [1.29, 1.82) is 0 Å². The second-order valence-corrected chi connectivity index (χ2v) is 4.24. The highest BCUT2D eigenvalue weighted by molar-refractivity contribution is 5.76. The van der Waals surface area contributed by atoms with Crippen LogP contribution in [0, 0.1) is 0 Å². The third-order valence-electron chi connectivity index (χ3n) is 3.16. The van der Waals surface area contributed by atoms with Crippen LogP contribution in [-0.2, 0) is 11.2 Å². The number of aryl methyl sites for hydroxylation is 1. The second-order valence-electron chi connectivity index (χ2n) is 4.24. The molecule has 0 aromatic carbocycles. The average Bonchev–Trinajstić information content (AvgIpc) is 2.91. The molecule has 92 valence electrons. The topological polar surface area (TPSA) is 93.8 Å². The van der Waals surface area contributed by atoms with E-state index in [1.54, 1.807) is 6.07 Å².